The normalized spacial score (nSPS) is 23.4. The van der Waals surface area contributed by atoms with Gasteiger partial charge in [-0.05, 0) is 57.6 Å². The summed E-state index contributed by atoms with van der Waals surface area (Å²) >= 11 is 0. The van der Waals surface area contributed by atoms with Gasteiger partial charge in [0.2, 0.25) is 0 Å². The number of benzene rings is 1. The van der Waals surface area contributed by atoms with Crippen molar-refractivity contribution < 1.29 is 13.2 Å². The number of hydrogen-bond acceptors (Lipinski definition) is 3. The standard InChI is InChI=1S/C17H22F3N3/c1-21-8-3-6-15(7-9-21)22-10-11-23(13-22)16-5-2-4-14(12-16)17(18,19)20/h2,4-5,10-12,15H,3,6-9,13H2,1H3. The molecular weight excluding hydrogens is 303 g/mol. The lowest BCUT2D eigenvalue weighted by atomic mass is 10.1. The SMILES string of the molecule is CN1CCCC(N2C=CN(c3cccc(C(F)(F)F)c3)C2)CC1. The monoisotopic (exact) mass is 325 g/mol. The van der Waals surface area contributed by atoms with Gasteiger partial charge in [-0.15, -0.1) is 0 Å². The molecule has 0 aliphatic carbocycles. The first-order chi connectivity index (χ1) is 10.9. The third-order valence-electron chi connectivity index (χ3n) is 4.65. The molecule has 0 bridgehead atoms. The second-order valence-corrected chi connectivity index (χ2v) is 6.36. The van der Waals surface area contributed by atoms with Crippen LogP contribution in [0.25, 0.3) is 0 Å². The van der Waals surface area contributed by atoms with Crippen LogP contribution in [0.15, 0.2) is 36.7 Å². The molecule has 1 fully saturated rings. The molecule has 1 unspecified atom stereocenters. The maximum atomic E-state index is 12.9. The topological polar surface area (TPSA) is 9.72 Å². The molecule has 2 heterocycles. The van der Waals surface area contributed by atoms with Gasteiger partial charge in [-0.2, -0.15) is 13.2 Å². The Morgan fingerprint density at radius 1 is 1.09 bits per heavy atom. The van der Waals surface area contributed by atoms with Crippen LogP contribution in [-0.2, 0) is 6.18 Å². The van der Waals surface area contributed by atoms with Crippen molar-refractivity contribution in [1.82, 2.24) is 9.80 Å². The van der Waals surface area contributed by atoms with Crippen LogP contribution in [0.4, 0.5) is 18.9 Å². The molecule has 0 amide bonds. The molecule has 2 aliphatic rings. The number of nitrogens with zero attached hydrogens (tertiary/aromatic N) is 3. The molecule has 0 aromatic heterocycles. The first-order valence-corrected chi connectivity index (χ1v) is 8.00. The van der Waals surface area contributed by atoms with Gasteiger partial charge >= 0.3 is 6.18 Å². The molecule has 1 atom stereocenters. The van der Waals surface area contributed by atoms with Gasteiger partial charge < -0.3 is 14.7 Å². The number of alkyl halides is 3. The van der Waals surface area contributed by atoms with Crippen molar-refractivity contribution >= 4 is 5.69 Å². The summed E-state index contributed by atoms with van der Waals surface area (Å²) in [6.07, 6.45) is 2.97. The average Bonchev–Trinajstić information content (AvgIpc) is 2.90. The van der Waals surface area contributed by atoms with Crippen LogP contribution in [-0.4, -0.2) is 42.6 Å². The van der Waals surface area contributed by atoms with Crippen LogP contribution in [0.2, 0.25) is 0 Å². The van der Waals surface area contributed by atoms with E-state index in [1.807, 2.05) is 17.3 Å². The molecule has 126 valence electrons. The molecule has 6 heteroatoms. The van der Waals surface area contributed by atoms with Gasteiger partial charge in [-0.3, -0.25) is 0 Å². The number of rotatable bonds is 2. The summed E-state index contributed by atoms with van der Waals surface area (Å²) in [5.41, 5.74) is -0.0118. The van der Waals surface area contributed by atoms with E-state index in [0.717, 1.165) is 38.4 Å². The molecule has 3 nitrogen and oxygen atoms in total. The lowest BCUT2D eigenvalue weighted by Crippen LogP contribution is -2.34. The van der Waals surface area contributed by atoms with Crippen molar-refractivity contribution in [3.8, 4) is 0 Å². The Labute approximate surface area is 135 Å². The quantitative estimate of drug-likeness (QED) is 0.820. The molecular formula is C17H22F3N3. The highest BCUT2D eigenvalue weighted by Gasteiger charge is 2.31. The Balaban J connectivity index is 1.67. The molecule has 0 radical (unpaired) electrons. The summed E-state index contributed by atoms with van der Waals surface area (Å²) in [5, 5.41) is 0. The summed E-state index contributed by atoms with van der Waals surface area (Å²) < 4.78 is 38.6. The maximum absolute atomic E-state index is 12.9. The van der Waals surface area contributed by atoms with Gasteiger partial charge in [0, 0.05) is 24.1 Å². The van der Waals surface area contributed by atoms with Crippen LogP contribution >= 0.6 is 0 Å². The second-order valence-electron chi connectivity index (χ2n) is 6.36. The first-order valence-electron chi connectivity index (χ1n) is 8.00. The van der Waals surface area contributed by atoms with E-state index in [2.05, 4.69) is 16.8 Å². The van der Waals surface area contributed by atoms with E-state index in [0.29, 0.717) is 18.4 Å². The molecule has 3 rings (SSSR count). The largest absolute Gasteiger partial charge is 0.416 e. The fourth-order valence-corrected chi connectivity index (χ4v) is 3.26. The van der Waals surface area contributed by atoms with Crippen LogP contribution in [0.1, 0.15) is 24.8 Å². The van der Waals surface area contributed by atoms with Crippen LogP contribution in [0.3, 0.4) is 0 Å². The van der Waals surface area contributed by atoms with Gasteiger partial charge in [-0.25, -0.2) is 0 Å². The van der Waals surface area contributed by atoms with Gasteiger partial charge in [0.15, 0.2) is 0 Å². The maximum Gasteiger partial charge on any atom is 0.416 e. The highest BCUT2D eigenvalue weighted by molar-refractivity contribution is 5.52. The minimum Gasteiger partial charge on any atom is -0.355 e. The lowest BCUT2D eigenvalue weighted by Gasteiger charge is -2.29. The van der Waals surface area contributed by atoms with E-state index in [9.17, 15) is 13.2 Å². The van der Waals surface area contributed by atoms with E-state index in [-0.39, 0.29) is 0 Å². The van der Waals surface area contributed by atoms with Crippen molar-refractivity contribution in [3.05, 3.63) is 42.2 Å². The Hall–Kier alpha value is -1.69. The lowest BCUT2D eigenvalue weighted by molar-refractivity contribution is -0.137. The highest BCUT2D eigenvalue weighted by Crippen LogP contribution is 2.32. The van der Waals surface area contributed by atoms with Gasteiger partial charge in [0.1, 0.15) is 0 Å². The van der Waals surface area contributed by atoms with Crippen molar-refractivity contribution in [1.29, 1.82) is 0 Å². The van der Waals surface area contributed by atoms with Crippen molar-refractivity contribution in [2.45, 2.75) is 31.5 Å². The van der Waals surface area contributed by atoms with E-state index in [1.165, 1.54) is 12.1 Å². The molecule has 0 saturated carbocycles. The van der Waals surface area contributed by atoms with Gasteiger partial charge in [0.25, 0.3) is 0 Å². The number of likely N-dealkylation sites (tertiary alicyclic amines) is 1. The summed E-state index contributed by atoms with van der Waals surface area (Å²) in [7, 11) is 2.14. The Kier molecular flexibility index (Phi) is 4.53. The zero-order valence-corrected chi connectivity index (χ0v) is 13.3. The zero-order chi connectivity index (χ0) is 16.4. The molecule has 1 saturated heterocycles. The van der Waals surface area contributed by atoms with Crippen molar-refractivity contribution in [2.24, 2.45) is 0 Å². The van der Waals surface area contributed by atoms with Crippen molar-refractivity contribution in [2.75, 3.05) is 31.7 Å². The average molecular weight is 325 g/mol. The molecule has 0 spiro atoms. The van der Waals surface area contributed by atoms with E-state index in [4.69, 9.17) is 0 Å². The van der Waals surface area contributed by atoms with Crippen LogP contribution in [0, 0.1) is 0 Å². The van der Waals surface area contributed by atoms with E-state index in [1.54, 1.807) is 6.07 Å². The van der Waals surface area contributed by atoms with Gasteiger partial charge in [-0.1, -0.05) is 6.07 Å². The summed E-state index contributed by atoms with van der Waals surface area (Å²) in [6, 6.07) is 5.99. The highest BCUT2D eigenvalue weighted by atomic mass is 19.4. The van der Waals surface area contributed by atoms with Crippen LogP contribution < -0.4 is 4.90 Å². The summed E-state index contributed by atoms with van der Waals surface area (Å²) in [5.74, 6) is 0. The fraction of sp³-hybridized carbons (Fsp3) is 0.529. The van der Waals surface area contributed by atoms with Crippen LogP contribution in [0.5, 0.6) is 0 Å². The molecule has 1 aromatic carbocycles. The molecule has 23 heavy (non-hydrogen) atoms. The predicted octanol–water partition coefficient (Wildman–Crippen LogP) is 3.74. The number of halogens is 3. The Bertz CT molecular complexity index is 570. The third-order valence-corrected chi connectivity index (χ3v) is 4.65. The Morgan fingerprint density at radius 2 is 1.91 bits per heavy atom. The van der Waals surface area contributed by atoms with E-state index < -0.39 is 11.7 Å². The first kappa shape index (κ1) is 16.2. The predicted molar refractivity (Wildman–Crippen MR) is 84.9 cm³/mol. The number of anilines is 1. The molecule has 2 aliphatic heterocycles. The fourth-order valence-electron chi connectivity index (χ4n) is 3.26. The summed E-state index contributed by atoms with van der Waals surface area (Å²) in [6.45, 7) is 2.81. The zero-order valence-electron chi connectivity index (χ0n) is 13.3. The second kappa shape index (κ2) is 6.43. The molecule has 1 aromatic rings. The van der Waals surface area contributed by atoms with Gasteiger partial charge in [0.05, 0.1) is 12.2 Å². The smallest absolute Gasteiger partial charge is 0.355 e. The number of hydrogen-bond donors (Lipinski definition) is 0. The summed E-state index contributed by atoms with van der Waals surface area (Å²) in [4.78, 5) is 6.47. The molecule has 0 N–H and O–H groups in total. The third kappa shape index (κ3) is 3.80. The van der Waals surface area contributed by atoms with E-state index >= 15 is 0 Å². The minimum absolute atomic E-state index is 0.465. The Morgan fingerprint density at radius 3 is 2.70 bits per heavy atom. The minimum atomic E-state index is -4.30. The van der Waals surface area contributed by atoms with Crippen molar-refractivity contribution in [3.63, 3.8) is 0 Å².